The minimum absolute atomic E-state index is 0.0925. The topological polar surface area (TPSA) is 127 Å². The number of carbonyl (C=O) groups excluding carboxylic acids is 1. The largest absolute Gasteiger partial charge is 0.507 e. The number of aromatic hydroxyl groups is 4. The van der Waals surface area contributed by atoms with Gasteiger partial charge in [-0.15, -0.1) is 0 Å². The molecular weight excluding hydrogens is 304 g/mol. The number of hydrogen-bond acceptors (Lipinski definition) is 7. The van der Waals surface area contributed by atoms with Crippen LogP contribution < -0.4 is 4.74 Å². The first kappa shape index (κ1) is 15.0. The number of hydrogen-bond donors (Lipinski definition) is 5. The number of aliphatic hydroxyl groups is 1. The van der Waals surface area contributed by atoms with E-state index in [1.807, 2.05) is 0 Å². The lowest BCUT2D eigenvalue weighted by Crippen LogP contribution is -2.36. The third-order valence-corrected chi connectivity index (χ3v) is 3.70. The Hall–Kier alpha value is -2.93. The van der Waals surface area contributed by atoms with Crippen molar-refractivity contribution in [2.45, 2.75) is 19.1 Å². The minimum Gasteiger partial charge on any atom is -0.507 e. The molecule has 7 nitrogen and oxygen atoms in total. The molecule has 7 heteroatoms. The van der Waals surface area contributed by atoms with Crippen molar-refractivity contribution in [1.82, 2.24) is 0 Å². The summed E-state index contributed by atoms with van der Waals surface area (Å²) in [7, 11) is 0. The zero-order valence-corrected chi connectivity index (χ0v) is 12.0. The molecule has 0 amide bonds. The molecule has 3 rings (SSSR count). The summed E-state index contributed by atoms with van der Waals surface area (Å²) in [5.41, 5.74) is 0.637. The summed E-state index contributed by atoms with van der Waals surface area (Å²) in [6.45, 7) is 1.70. The summed E-state index contributed by atoms with van der Waals surface area (Å²) in [6.07, 6.45) is -2.84. The van der Waals surface area contributed by atoms with E-state index in [1.54, 1.807) is 6.92 Å². The first-order valence-electron chi connectivity index (χ1n) is 6.77. The van der Waals surface area contributed by atoms with Crippen LogP contribution in [0.15, 0.2) is 24.3 Å². The van der Waals surface area contributed by atoms with E-state index in [4.69, 9.17) is 4.74 Å². The van der Waals surface area contributed by atoms with Crippen LogP contribution in [-0.4, -0.2) is 37.4 Å². The molecule has 2 aromatic rings. The fraction of sp³-hybridized carbons (Fsp3) is 0.188. The molecule has 0 fully saturated rings. The molecule has 0 bridgehead atoms. The molecule has 2 unspecified atom stereocenters. The van der Waals surface area contributed by atoms with Crippen molar-refractivity contribution < 1.29 is 35.1 Å². The Balaban J connectivity index is 2.11. The summed E-state index contributed by atoms with van der Waals surface area (Å²) in [6, 6.07) is 5.07. The van der Waals surface area contributed by atoms with Gasteiger partial charge in [-0.1, -0.05) is 0 Å². The summed E-state index contributed by atoms with van der Waals surface area (Å²) in [5.74, 6) is -2.86. The number of Topliss-reactive ketones (excluding diaryl/α,β-unsaturated/α-hetero) is 1. The highest BCUT2D eigenvalue weighted by molar-refractivity contribution is 6.05. The number of rotatable bonds is 1. The van der Waals surface area contributed by atoms with Gasteiger partial charge in [0.2, 0.25) is 5.78 Å². The molecule has 0 aromatic heterocycles. The molecule has 2 aromatic carbocycles. The van der Waals surface area contributed by atoms with Crippen LogP contribution in [0.4, 0.5) is 0 Å². The first-order valence-corrected chi connectivity index (χ1v) is 6.77. The predicted molar refractivity (Wildman–Crippen MR) is 78.0 cm³/mol. The summed E-state index contributed by atoms with van der Waals surface area (Å²) >= 11 is 0. The quantitative estimate of drug-likeness (QED) is 0.504. The Morgan fingerprint density at radius 1 is 0.957 bits per heavy atom. The van der Waals surface area contributed by atoms with Gasteiger partial charge in [-0.3, -0.25) is 4.79 Å². The second-order valence-corrected chi connectivity index (χ2v) is 5.41. The summed E-state index contributed by atoms with van der Waals surface area (Å²) in [5, 5.41) is 48.6. The van der Waals surface area contributed by atoms with E-state index in [2.05, 4.69) is 0 Å². The molecule has 1 aliphatic rings. The lowest BCUT2D eigenvalue weighted by molar-refractivity contribution is 0.0210. The van der Waals surface area contributed by atoms with Gasteiger partial charge in [0.05, 0.1) is 0 Å². The molecule has 120 valence electrons. The van der Waals surface area contributed by atoms with Gasteiger partial charge in [-0.05, 0) is 36.8 Å². The van der Waals surface area contributed by atoms with E-state index < -0.39 is 35.2 Å². The second kappa shape index (κ2) is 5.06. The van der Waals surface area contributed by atoms with Crippen molar-refractivity contribution in [2.24, 2.45) is 0 Å². The molecule has 0 saturated heterocycles. The number of aryl methyl sites for hydroxylation is 1. The van der Waals surface area contributed by atoms with Crippen LogP contribution in [0.5, 0.6) is 28.7 Å². The molecule has 1 aliphatic heterocycles. The predicted octanol–water partition coefficient (Wildman–Crippen LogP) is 1.49. The molecule has 5 N–H and O–H groups in total. The van der Waals surface area contributed by atoms with Gasteiger partial charge in [0.15, 0.2) is 29.5 Å². The Labute approximate surface area is 130 Å². The highest BCUT2D eigenvalue weighted by atomic mass is 16.5. The lowest BCUT2D eigenvalue weighted by Gasteiger charge is -2.30. The van der Waals surface area contributed by atoms with Crippen molar-refractivity contribution in [3.63, 3.8) is 0 Å². The summed E-state index contributed by atoms with van der Waals surface area (Å²) < 4.78 is 5.58. The third kappa shape index (κ3) is 2.31. The Morgan fingerprint density at radius 2 is 1.57 bits per heavy atom. The van der Waals surface area contributed by atoms with Crippen LogP contribution in [0.25, 0.3) is 0 Å². The van der Waals surface area contributed by atoms with E-state index >= 15 is 0 Å². The van der Waals surface area contributed by atoms with Gasteiger partial charge in [-0.2, -0.15) is 0 Å². The SMILES string of the molecule is Cc1cc(O)c2c(c1)OC(c1cc(O)c(O)c(O)c1)C(O)C2=O. The molecule has 1 heterocycles. The van der Waals surface area contributed by atoms with Crippen molar-refractivity contribution >= 4 is 5.78 Å². The van der Waals surface area contributed by atoms with Crippen LogP contribution in [0, 0.1) is 6.92 Å². The molecule has 2 atom stereocenters. The Morgan fingerprint density at radius 3 is 2.17 bits per heavy atom. The first-order chi connectivity index (χ1) is 10.8. The minimum atomic E-state index is -1.64. The normalized spacial score (nSPS) is 20.0. The van der Waals surface area contributed by atoms with Gasteiger partial charge in [0.1, 0.15) is 17.1 Å². The van der Waals surface area contributed by atoms with Crippen LogP contribution in [-0.2, 0) is 0 Å². The molecular formula is C16H14O7. The van der Waals surface area contributed by atoms with Gasteiger partial charge < -0.3 is 30.3 Å². The van der Waals surface area contributed by atoms with E-state index in [-0.39, 0.29) is 22.6 Å². The summed E-state index contributed by atoms with van der Waals surface area (Å²) in [4.78, 5) is 12.3. The van der Waals surface area contributed by atoms with E-state index in [9.17, 15) is 30.3 Å². The van der Waals surface area contributed by atoms with Crippen molar-refractivity contribution in [1.29, 1.82) is 0 Å². The smallest absolute Gasteiger partial charge is 0.202 e. The standard InChI is InChI=1S/C16H14O7/c1-6-2-8(17)12-11(3-6)23-16(15(22)14(12)21)7-4-9(18)13(20)10(19)5-7/h2-5,15-20,22H,1H3. The van der Waals surface area contributed by atoms with E-state index in [1.165, 1.54) is 12.1 Å². The molecule has 0 saturated carbocycles. The van der Waals surface area contributed by atoms with Crippen LogP contribution in [0.3, 0.4) is 0 Å². The molecule has 0 aliphatic carbocycles. The number of fused-ring (bicyclic) bond motifs is 1. The van der Waals surface area contributed by atoms with E-state index in [0.29, 0.717) is 5.56 Å². The van der Waals surface area contributed by atoms with Crippen LogP contribution >= 0.6 is 0 Å². The van der Waals surface area contributed by atoms with Gasteiger partial charge in [-0.25, -0.2) is 0 Å². The number of aliphatic hydroxyl groups excluding tert-OH is 1. The highest BCUT2D eigenvalue weighted by Gasteiger charge is 2.39. The Bertz CT molecular complexity index is 789. The zero-order chi connectivity index (χ0) is 16.9. The molecule has 23 heavy (non-hydrogen) atoms. The van der Waals surface area contributed by atoms with Crippen LogP contribution in [0.2, 0.25) is 0 Å². The number of carbonyl (C=O) groups is 1. The maximum absolute atomic E-state index is 12.3. The molecule has 0 radical (unpaired) electrons. The van der Waals surface area contributed by atoms with Crippen LogP contribution in [0.1, 0.15) is 27.6 Å². The average Bonchev–Trinajstić information content (AvgIpc) is 2.47. The Kier molecular flexibility index (Phi) is 3.30. The molecule has 0 spiro atoms. The monoisotopic (exact) mass is 318 g/mol. The third-order valence-electron chi connectivity index (χ3n) is 3.70. The van der Waals surface area contributed by atoms with Gasteiger partial charge in [0.25, 0.3) is 0 Å². The maximum Gasteiger partial charge on any atom is 0.202 e. The number of phenols is 4. The zero-order valence-electron chi connectivity index (χ0n) is 12.0. The number of ether oxygens (including phenoxy) is 1. The van der Waals surface area contributed by atoms with Crippen molar-refractivity contribution in [3.8, 4) is 28.7 Å². The average molecular weight is 318 g/mol. The fourth-order valence-corrected chi connectivity index (χ4v) is 2.60. The van der Waals surface area contributed by atoms with Crippen molar-refractivity contribution in [2.75, 3.05) is 0 Å². The van der Waals surface area contributed by atoms with Gasteiger partial charge in [0, 0.05) is 5.56 Å². The maximum atomic E-state index is 12.3. The number of benzene rings is 2. The second-order valence-electron chi connectivity index (χ2n) is 5.41. The number of phenolic OH excluding ortho intramolecular Hbond substituents is 4. The van der Waals surface area contributed by atoms with E-state index in [0.717, 1.165) is 12.1 Å². The highest BCUT2D eigenvalue weighted by Crippen LogP contribution is 2.43. The van der Waals surface area contributed by atoms with Gasteiger partial charge >= 0.3 is 0 Å². The van der Waals surface area contributed by atoms with Crippen molar-refractivity contribution in [3.05, 3.63) is 41.0 Å². The lowest BCUT2D eigenvalue weighted by atomic mass is 9.92. The number of ketones is 1. The fourth-order valence-electron chi connectivity index (χ4n) is 2.60.